The molecule has 0 spiro atoms. The van der Waals surface area contributed by atoms with Crippen molar-refractivity contribution in [3.8, 4) is 5.75 Å². The highest BCUT2D eigenvalue weighted by atomic mass is 32.2. The third-order valence-electron chi connectivity index (χ3n) is 4.05. The Morgan fingerprint density at radius 3 is 2.75 bits per heavy atom. The minimum Gasteiger partial charge on any atom is -0.497 e. The quantitative estimate of drug-likeness (QED) is 0.869. The predicted molar refractivity (Wildman–Crippen MR) is 90.5 cm³/mol. The number of hydrogen-bond donors (Lipinski definition) is 2. The van der Waals surface area contributed by atoms with E-state index in [1.54, 1.807) is 44.4 Å². The largest absolute Gasteiger partial charge is 0.497 e. The van der Waals surface area contributed by atoms with E-state index in [9.17, 15) is 13.2 Å². The summed E-state index contributed by atoms with van der Waals surface area (Å²) in [5.74, 6) is 0.195. The van der Waals surface area contributed by atoms with Crippen molar-refractivity contribution < 1.29 is 17.9 Å². The van der Waals surface area contributed by atoms with E-state index in [-0.39, 0.29) is 23.3 Å². The zero-order valence-electron chi connectivity index (χ0n) is 13.4. The molecule has 0 aliphatic carbocycles. The molecular formula is C17H18N2O4S. The molecule has 0 unspecified atom stereocenters. The van der Waals surface area contributed by atoms with Crippen LogP contribution in [0.15, 0.2) is 47.4 Å². The number of ether oxygens (including phenoxy) is 1. The molecule has 3 rings (SSSR count). The Morgan fingerprint density at radius 2 is 2.00 bits per heavy atom. The summed E-state index contributed by atoms with van der Waals surface area (Å²) < 4.78 is 32.7. The molecule has 1 aliphatic heterocycles. The van der Waals surface area contributed by atoms with Gasteiger partial charge in [0.05, 0.1) is 17.9 Å². The number of carbonyl (C=O) groups is 1. The molecule has 2 aromatic rings. The zero-order chi connectivity index (χ0) is 17.3. The maximum atomic E-state index is 12.5. The van der Waals surface area contributed by atoms with Crippen molar-refractivity contribution in [1.82, 2.24) is 4.72 Å². The Balaban J connectivity index is 1.80. The average Bonchev–Trinajstić information content (AvgIpc) is 2.87. The number of carbonyl (C=O) groups excluding carboxylic acids is 1. The van der Waals surface area contributed by atoms with E-state index in [1.807, 2.05) is 6.07 Å². The first kappa shape index (κ1) is 16.5. The summed E-state index contributed by atoms with van der Waals surface area (Å²) in [6.45, 7) is 1.91. The molecule has 2 N–H and O–H groups in total. The maximum absolute atomic E-state index is 12.5. The molecule has 1 amide bonds. The average molecular weight is 346 g/mol. The fourth-order valence-corrected chi connectivity index (χ4v) is 3.66. The van der Waals surface area contributed by atoms with Gasteiger partial charge in [-0.1, -0.05) is 12.1 Å². The van der Waals surface area contributed by atoms with Gasteiger partial charge in [-0.15, -0.1) is 0 Å². The molecule has 126 valence electrons. The number of anilines is 1. The van der Waals surface area contributed by atoms with Crippen LogP contribution in [0.5, 0.6) is 5.75 Å². The van der Waals surface area contributed by atoms with Gasteiger partial charge in [-0.05, 0) is 48.4 Å². The van der Waals surface area contributed by atoms with Crippen LogP contribution in [0.25, 0.3) is 0 Å². The second-order valence-corrected chi connectivity index (χ2v) is 7.40. The number of hydrogen-bond acceptors (Lipinski definition) is 4. The Labute approximate surface area is 140 Å². The molecule has 6 nitrogen and oxygen atoms in total. The van der Waals surface area contributed by atoms with Crippen molar-refractivity contribution in [2.75, 3.05) is 12.4 Å². The molecule has 24 heavy (non-hydrogen) atoms. The van der Waals surface area contributed by atoms with Crippen molar-refractivity contribution in [2.45, 2.75) is 24.3 Å². The summed E-state index contributed by atoms with van der Waals surface area (Å²) in [6.07, 6.45) is 0. The molecule has 1 atom stereocenters. The highest BCUT2D eigenvalue weighted by Crippen LogP contribution is 2.33. The highest BCUT2D eigenvalue weighted by Gasteiger charge is 2.28. The first-order valence-electron chi connectivity index (χ1n) is 7.48. The summed E-state index contributed by atoms with van der Waals surface area (Å²) in [5.41, 5.74) is 2.16. The fraction of sp³-hybridized carbons (Fsp3) is 0.235. The van der Waals surface area contributed by atoms with E-state index >= 15 is 0 Å². The Morgan fingerprint density at radius 1 is 1.21 bits per heavy atom. The van der Waals surface area contributed by atoms with Crippen LogP contribution in [0, 0.1) is 0 Å². The van der Waals surface area contributed by atoms with Gasteiger partial charge < -0.3 is 10.1 Å². The van der Waals surface area contributed by atoms with Gasteiger partial charge in [0.1, 0.15) is 5.75 Å². The number of amides is 1. The summed E-state index contributed by atoms with van der Waals surface area (Å²) in [7, 11) is -2.11. The predicted octanol–water partition coefficient (Wildman–Crippen LogP) is 2.23. The number of sulfonamides is 1. The molecule has 2 aromatic carbocycles. The van der Waals surface area contributed by atoms with Gasteiger partial charge in [0, 0.05) is 12.2 Å². The SMILES string of the molecule is COc1cccc(CNS(=O)(=O)c2ccc3c(c2)[C@H](C)C(=O)N3)c1. The van der Waals surface area contributed by atoms with Crippen LogP contribution in [0.2, 0.25) is 0 Å². The third-order valence-corrected chi connectivity index (χ3v) is 5.45. The van der Waals surface area contributed by atoms with Gasteiger partial charge in [-0.2, -0.15) is 0 Å². The van der Waals surface area contributed by atoms with E-state index in [2.05, 4.69) is 10.0 Å². The number of fused-ring (bicyclic) bond motifs is 1. The lowest BCUT2D eigenvalue weighted by atomic mass is 10.0. The maximum Gasteiger partial charge on any atom is 0.240 e. The van der Waals surface area contributed by atoms with Gasteiger partial charge in [0.15, 0.2) is 0 Å². The lowest BCUT2D eigenvalue weighted by molar-refractivity contribution is -0.116. The van der Waals surface area contributed by atoms with Crippen LogP contribution in [-0.4, -0.2) is 21.4 Å². The molecular weight excluding hydrogens is 328 g/mol. The Bertz CT molecular complexity index is 893. The molecule has 0 saturated carbocycles. The van der Waals surface area contributed by atoms with Gasteiger partial charge in [-0.25, -0.2) is 13.1 Å². The van der Waals surface area contributed by atoms with E-state index in [0.717, 1.165) is 5.56 Å². The number of nitrogens with one attached hydrogen (secondary N) is 2. The molecule has 0 radical (unpaired) electrons. The first-order valence-corrected chi connectivity index (χ1v) is 8.96. The van der Waals surface area contributed by atoms with Crippen LogP contribution in [0.3, 0.4) is 0 Å². The molecule has 0 saturated heterocycles. The lowest BCUT2D eigenvalue weighted by Gasteiger charge is -2.10. The summed E-state index contributed by atoms with van der Waals surface area (Å²) in [4.78, 5) is 11.8. The van der Waals surface area contributed by atoms with Gasteiger partial charge in [-0.3, -0.25) is 4.79 Å². The Kier molecular flexibility index (Phi) is 4.29. The fourth-order valence-electron chi connectivity index (χ4n) is 2.61. The van der Waals surface area contributed by atoms with Gasteiger partial charge in [0.25, 0.3) is 0 Å². The summed E-state index contributed by atoms with van der Waals surface area (Å²) in [6, 6.07) is 11.8. The van der Waals surface area contributed by atoms with E-state index in [0.29, 0.717) is 17.0 Å². The molecule has 0 aromatic heterocycles. The van der Waals surface area contributed by atoms with E-state index in [4.69, 9.17) is 4.74 Å². The van der Waals surface area contributed by atoms with Crippen molar-refractivity contribution in [2.24, 2.45) is 0 Å². The monoisotopic (exact) mass is 346 g/mol. The lowest BCUT2D eigenvalue weighted by Crippen LogP contribution is -2.23. The zero-order valence-corrected chi connectivity index (χ0v) is 14.2. The minimum atomic E-state index is -3.67. The first-order chi connectivity index (χ1) is 11.4. The number of rotatable bonds is 5. The molecule has 1 heterocycles. The second kappa shape index (κ2) is 6.26. The number of methoxy groups -OCH3 is 1. The van der Waals surface area contributed by atoms with Crippen LogP contribution in [0.4, 0.5) is 5.69 Å². The van der Waals surface area contributed by atoms with E-state index in [1.165, 1.54) is 6.07 Å². The normalized spacial score (nSPS) is 16.6. The molecule has 1 aliphatic rings. The highest BCUT2D eigenvalue weighted by molar-refractivity contribution is 7.89. The Hall–Kier alpha value is -2.38. The molecule has 0 bridgehead atoms. The van der Waals surface area contributed by atoms with Crippen molar-refractivity contribution in [3.63, 3.8) is 0 Å². The van der Waals surface area contributed by atoms with Crippen LogP contribution in [-0.2, 0) is 21.4 Å². The summed E-state index contributed by atoms with van der Waals surface area (Å²) >= 11 is 0. The summed E-state index contributed by atoms with van der Waals surface area (Å²) in [5, 5.41) is 2.73. The molecule has 7 heteroatoms. The molecule has 0 fully saturated rings. The smallest absolute Gasteiger partial charge is 0.240 e. The third kappa shape index (κ3) is 3.13. The van der Waals surface area contributed by atoms with Crippen LogP contribution < -0.4 is 14.8 Å². The van der Waals surface area contributed by atoms with E-state index < -0.39 is 10.0 Å². The number of benzene rings is 2. The van der Waals surface area contributed by atoms with Crippen molar-refractivity contribution in [1.29, 1.82) is 0 Å². The van der Waals surface area contributed by atoms with Crippen LogP contribution >= 0.6 is 0 Å². The van der Waals surface area contributed by atoms with Gasteiger partial charge in [0.2, 0.25) is 15.9 Å². The minimum absolute atomic E-state index is 0.121. The standard InChI is InChI=1S/C17H18N2O4S/c1-11-15-9-14(6-7-16(15)19-17(11)20)24(21,22)18-10-12-4-3-5-13(8-12)23-2/h3-9,11,18H,10H2,1-2H3,(H,19,20)/t11-/m0/s1. The topological polar surface area (TPSA) is 84.5 Å². The van der Waals surface area contributed by atoms with Crippen molar-refractivity contribution >= 4 is 21.6 Å². The second-order valence-electron chi connectivity index (χ2n) is 5.64. The van der Waals surface area contributed by atoms with Gasteiger partial charge >= 0.3 is 0 Å². The van der Waals surface area contributed by atoms with Crippen molar-refractivity contribution in [3.05, 3.63) is 53.6 Å². The van der Waals surface area contributed by atoms with Crippen LogP contribution in [0.1, 0.15) is 24.0 Å².